The van der Waals surface area contributed by atoms with Crippen LogP contribution in [0.1, 0.15) is 35.2 Å². The van der Waals surface area contributed by atoms with Gasteiger partial charge in [-0.1, -0.05) is 37.8 Å². The van der Waals surface area contributed by atoms with E-state index in [0.29, 0.717) is 23.7 Å². The van der Waals surface area contributed by atoms with Gasteiger partial charge < -0.3 is 9.47 Å². The Morgan fingerprint density at radius 1 is 1.23 bits per heavy atom. The van der Waals surface area contributed by atoms with Crippen molar-refractivity contribution < 1.29 is 14.3 Å². The Morgan fingerprint density at radius 2 is 2.05 bits per heavy atom. The molecule has 0 saturated heterocycles. The second-order valence-corrected chi connectivity index (χ2v) is 5.22. The van der Waals surface area contributed by atoms with Crippen LogP contribution in [0.2, 0.25) is 0 Å². The van der Waals surface area contributed by atoms with Crippen molar-refractivity contribution >= 4 is 5.78 Å². The third-order valence-electron chi connectivity index (χ3n) is 3.83. The van der Waals surface area contributed by atoms with Crippen LogP contribution < -0.4 is 9.47 Å². The van der Waals surface area contributed by atoms with Gasteiger partial charge in [0.05, 0.1) is 11.5 Å². The van der Waals surface area contributed by atoms with Crippen molar-refractivity contribution in [1.82, 2.24) is 0 Å². The van der Waals surface area contributed by atoms with Gasteiger partial charge in [-0.15, -0.1) is 0 Å². The van der Waals surface area contributed by atoms with Gasteiger partial charge in [0.1, 0.15) is 23.9 Å². The van der Waals surface area contributed by atoms with Crippen molar-refractivity contribution in [2.24, 2.45) is 0 Å². The zero-order valence-corrected chi connectivity index (χ0v) is 12.5. The number of carbonyl (C=O) groups excluding carboxylic acids is 1. The molecule has 0 N–H and O–H groups in total. The topological polar surface area (TPSA) is 35.5 Å². The molecule has 3 heteroatoms. The molecule has 0 spiro atoms. The van der Waals surface area contributed by atoms with Gasteiger partial charge in [-0.2, -0.15) is 0 Å². The normalized spacial score (nSPS) is 16.0. The summed E-state index contributed by atoms with van der Waals surface area (Å²) in [5.41, 5.74) is 1.55. The summed E-state index contributed by atoms with van der Waals surface area (Å²) in [5, 5.41) is 0. The number of para-hydroxylation sites is 1. The summed E-state index contributed by atoms with van der Waals surface area (Å²) < 4.78 is 11.5. The van der Waals surface area contributed by atoms with Crippen LogP contribution in [0.4, 0.5) is 0 Å². The van der Waals surface area contributed by atoms with Gasteiger partial charge in [-0.3, -0.25) is 4.79 Å². The van der Waals surface area contributed by atoms with Gasteiger partial charge in [-0.05, 0) is 24.6 Å². The molecule has 1 heterocycles. The molecule has 1 unspecified atom stereocenters. The highest BCUT2D eigenvalue weighted by atomic mass is 16.5. The lowest BCUT2D eigenvalue weighted by Gasteiger charge is -2.12. The molecule has 2 aromatic rings. The molecule has 1 aliphatic rings. The maximum absolute atomic E-state index is 12.8. The van der Waals surface area contributed by atoms with E-state index in [1.807, 2.05) is 31.2 Å². The molecule has 2 aromatic carbocycles. The third kappa shape index (κ3) is 2.50. The highest BCUT2D eigenvalue weighted by molar-refractivity contribution is 6.04. The number of benzene rings is 2. The Balaban J connectivity index is 2.08. The van der Waals surface area contributed by atoms with Gasteiger partial charge in [-0.25, -0.2) is 0 Å². The van der Waals surface area contributed by atoms with Gasteiger partial charge in [0.25, 0.3) is 0 Å². The summed E-state index contributed by atoms with van der Waals surface area (Å²) >= 11 is 0. The number of fused-ring (bicyclic) bond motifs is 2. The summed E-state index contributed by atoms with van der Waals surface area (Å²) in [4.78, 5) is 12.8. The standard InChI is InChI=1S/C19H18O3/c1-3-11-21-13-9-10-16-18(12-13)22-17-8-6-5-7-15(17)14(4-2)19(16)20/h3,5-10,12,14H,1,4,11H2,2H3. The van der Waals surface area contributed by atoms with Crippen molar-refractivity contribution in [3.05, 3.63) is 66.2 Å². The minimum atomic E-state index is -0.169. The van der Waals surface area contributed by atoms with E-state index in [4.69, 9.17) is 9.47 Å². The van der Waals surface area contributed by atoms with Crippen molar-refractivity contribution in [3.63, 3.8) is 0 Å². The number of carbonyl (C=O) groups is 1. The second kappa shape index (κ2) is 6.06. The first kappa shape index (κ1) is 14.4. The summed E-state index contributed by atoms with van der Waals surface area (Å²) in [6.07, 6.45) is 2.42. The molecule has 1 atom stereocenters. The van der Waals surface area contributed by atoms with Crippen LogP contribution in [0.15, 0.2) is 55.1 Å². The molecule has 0 saturated carbocycles. The molecular weight excluding hydrogens is 276 g/mol. The lowest BCUT2D eigenvalue weighted by atomic mass is 9.88. The zero-order chi connectivity index (χ0) is 15.5. The van der Waals surface area contributed by atoms with Crippen LogP contribution >= 0.6 is 0 Å². The first-order valence-electron chi connectivity index (χ1n) is 7.43. The first-order chi connectivity index (χ1) is 10.7. The molecule has 0 amide bonds. The Hall–Kier alpha value is -2.55. The van der Waals surface area contributed by atoms with Crippen molar-refractivity contribution in [2.45, 2.75) is 19.3 Å². The number of rotatable bonds is 4. The molecule has 0 radical (unpaired) electrons. The first-order valence-corrected chi connectivity index (χ1v) is 7.43. The van der Waals surface area contributed by atoms with E-state index >= 15 is 0 Å². The minimum Gasteiger partial charge on any atom is -0.489 e. The van der Waals surface area contributed by atoms with E-state index in [-0.39, 0.29) is 11.7 Å². The van der Waals surface area contributed by atoms with Crippen molar-refractivity contribution in [1.29, 1.82) is 0 Å². The summed E-state index contributed by atoms with van der Waals surface area (Å²) in [7, 11) is 0. The van der Waals surface area contributed by atoms with Crippen LogP contribution in [0.3, 0.4) is 0 Å². The highest BCUT2D eigenvalue weighted by Crippen LogP contribution is 2.41. The molecule has 3 nitrogen and oxygen atoms in total. The van der Waals surface area contributed by atoms with Crippen molar-refractivity contribution in [3.8, 4) is 17.2 Å². The molecule has 22 heavy (non-hydrogen) atoms. The quantitative estimate of drug-likeness (QED) is 0.764. The highest BCUT2D eigenvalue weighted by Gasteiger charge is 2.29. The SMILES string of the molecule is C=CCOc1ccc2c(c1)Oc1ccccc1C(CC)C2=O. The van der Waals surface area contributed by atoms with Crippen LogP contribution in [-0.2, 0) is 0 Å². The van der Waals surface area contributed by atoms with Gasteiger partial charge in [0.15, 0.2) is 5.78 Å². The van der Waals surface area contributed by atoms with Crippen LogP contribution in [0, 0.1) is 0 Å². The minimum absolute atomic E-state index is 0.0951. The fourth-order valence-corrected chi connectivity index (χ4v) is 2.75. The Kier molecular flexibility index (Phi) is 3.96. The largest absolute Gasteiger partial charge is 0.489 e. The average Bonchev–Trinajstić information content (AvgIpc) is 2.66. The molecule has 3 rings (SSSR count). The fourth-order valence-electron chi connectivity index (χ4n) is 2.75. The number of hydrogen-bond donors (Lipinski definition) is 0. The molecule has 1 aliphatic heterocycles. The van der Waals surface area contributed by atoms with Crippen LogP contribution in [0.5, 0.6) is 17.2 Å². The fraction of sp³-hybridized carbons (Fsp3) is 0.211. The predicted octanol–water partition coefficient (Wildman–Crippen LogP) is 4.73. The summed E-state index contributed by atoms with van der Waals surface area (Å²) in [6, 6.07) is 13.1. The van der Waals surface area contributed by atoms with E-state index in [1.54, 1.807) is 24.3 Å². The summed E-state index contributed by atoms with van der Waals surface area (Å²) in [5.74, 6) is 1.88. The van der Waals surface area contributed by atoms with E-state index in [0.717, 1.165) is 17.7 Å². The monoisotopic (exact) mass is 294 g/mol. The predicted molar refractivity (Wildman–Crippen MR) is 86.0 cm³/mol. The lowest BCUT2D eigenvalue weighted by Crippen LogP contribution is -2.10. The molecular formula is C19H18O3. The van der Waals surface area contributed by atoms with Crippen LogP contribution in [0.25, 0.3) is 0 Å². The third-order valence-corrected chi connectivity index (χ3v) is 3.83. The molecule has 0 bridgehead atoms. The summed E-state index contributed by atoms with van der Waals surface area (Å²) in [6.45, 7) is 6.07. The maximum Gasteiger partial charge on any atom is 0.174 e. The second-order valence-electron chi connectivity index (χ2n) is 5.22. The lowest BCUT2D eigenvalue weighted by molar-refractivity contribution is 0.0958. The number of Topliss-reactive ketones (excluding diaryl/α,β-unsaturated/α-hetero) is 1. The molecule has 0 aliphatic carbocycles. The Labute approximate surface area is 130 Å². The number of hydrogen-bond acceptors (Lipinski definition) is 3. The van der Waals surface area contributed by atoms with E-state index in [1.165, 1.54) is 0 Å². The Bertz CT molecular complexity index is 718. The van der Waals surface area contributed by atoms with Gasteiger partial charge >= 0.3 is 0 Å². The average molecular weight is 294 g/mol. The maximum atomic E-state index is 12.8. The Morgan fingerprint density at radius 3 is 2.82 bits per heavy atom. The van der Waals surface area contributed by atoms with Gasteiger partial charge in [0.2, 0.25) is 0 Å². The smallest absolute Gasteiger partial charge is 0.174 e. The number of ketones is 1. The molecule has 112 valence electrons. The molecule has 0 fully saturated rings. The van der Waals surface area contributed by atoms with E-state index in [2.05, 4.69) is 6.58 Å². The van der Waals surface area contributed by atoms with Crippen molar-refractivity contribution in [2.75, 3.05) is 6.61 Å². The van der Waals surface area contributed by atoms with E-state index in [9.17, 15) is 4.79 Å². The van der Waals surface area contributed by atoms with Gasteiger partial charge in [0, 0.05) is 11.6 Å². The molecule has 0 aromatic heterocycles. The van der Waals surface area contributed by atoms with Crippen LogP contribution in [-0.4, -0.2) is 12.4 Å². The zero-order valence-electron chi connectivity index (χ0n) is 12.5. The number of ether oxygens (including phenoxy) is 2. The van der Waals surface area contributed by atoms with E-state index < -0.39 is 0 Å².